The number of ether oxygens (including phenoxy) is 1. The third-order valence-electron chi connectivity index (χ3n) is 2.84. The van der Waals surface area contributed by atoms with Crippen molar-refractivity contribution in [3.05, 3.63) is 48.0 Å². The van der Waals surface area contributed by atoms with Gasteiger partial charge >= 0.3 is 0 Å². The molecule has 6 heteroatoms. The maximum Gasteiger partial charge on any atom is 0.265 e. The Hall–Kier alpha value is -2.21. The standard InChI is InChI=1S/C15H17NO4S/c1-3-20-14-9-8-11(2)10-15(14)21(18,19)16-12-6-4-5-7-13(12)17/h4-10,16-17H,3H2,1-2H3. The second-order valence-electron chi connectivity index (χ2n) is 4.51. The molecular weight excluding hydrogens is 290 g/mol. The molecule has 0 unspecified atom stereocenters. The number of para-hydroxylation sites is 2. The van der Waals surface area contributed by atoms with Gasteiger partial charge in [-0.05, 0) is 43.7 Å². The summed E-state index contributed by atoms with van der Waals surface area (Å²) in [6.07, 6.45) is 0. The molecule has 0 heterocycles. The van der Waals surface area contributed by atoms with Crippen molar-refractivity contribution in [2.45, 2.75) is 18.7 Å². The summed E-state index contributed by atoms with van der Waals surface area (Å²) in [6.45, 7) is 3.95. The van der Waals surface area contributed by atoms with Gasteiger partial charge in [0, 0.05) is 0 Å². The van der Waals surface area contributed by atoms with Crippen molar-refractivity contribution in [2.24, 2.45) is 0 Å². The Morgan fingerprint density at radius 3 is 2.57 bits per heavy atom. The van der Waals surface area contributed by atoms with Crippen molar-refractivity contribution in [3.8, 4) is 11.5 Å². The molecule has 0 saturated heterocycles. The number of phenols is 1. The second kappa shape index (κ2) is 6.05. The number of hydrogen-bond donors (Lipinski definition) is 2. The van der Waals surface area contributed by atoms with Crippen LogP contribution in [-0.2, 0) is 10.0 Å². The van der Waals surface area contributed by atoms with Crippen LogP contribution in [0.4, 0.5) is 5.69 Å². The highest BCUT2D eigenvalue weighted by Gasteiger charge is 2.21. The lowest BCUT2D eigenvalue weighted by molar-refractivity contribution is 0.331. The molecule has 21 heavy (non-hydrogen) atoms. The quantitative estimate of drug-likeness (QED) is 0.833. The molecule has 0 radical (unpaired) electrons. The lowest BCUT2D eigenvalue weighted by Crippen LogP contribution is -2.14. The Morgan fingerprint density at radius 1 is 1.19 bits per heavy atom. The molecule has 0 fully saturated rings. The Labute approximate surface area is 124 Å². The summed E-state index contributed by atoms with van der Waals surface area (Å²) in [5.41, 5.74) is 0.928. The third-order valence-corrected chi connectivity index (χ3v) is 4.22. The number of rotatable bonds is 5. The molecule has 2 rings (SSSR count). The van der Waals surface area contributed by atoms with Gasteiger partial charge in [-0.15, -0.1) is 0 Å². The molecular formula is C15H17NO4S. The zero-order chi connectivity index (χ0) is 15.5. The topological polar surface area (TPSA) is 75.6 Å². The van der Waals surface area contributed by atoms with Crippen molar-refractivity contribution in [3.63, 3.8) is 0 Å². The van der Waals surface area contributed by atoms with Gasteiger partial charge in [0.1, 0.15) is 16.4 Å². The second-order valence-corrected chi connectivity index (χ2v) is 6.16. The van der Waals surface area contributed by atoms with Crippen LogP contribution in [0.1, 0.15) is 12.5 Å². The molecule has 0 aliphatic rings. The lowest BCUT2D eigenvalue weighted by atomic mass is 10.2. The lowest BCUT2D eigenvalue weighted by Gasteiger charge is -2.14. The van der Waals surface area contributed by atoms with Gasteiger partial charge in [0.25, 0.3) is 10.0 Å². The molecule has 112 valence electrons. The molecule has 0 saturated carbocycles. The first kappa shape index (κ1) is 15.2. The van der Waals surface area contributed by atoms with E-state index in [1.165, 1.54) is 18.2 Å². The molecule has 0 bridgehead atoms. The molecule has 0 atom stereocenters. The number of nitrogens with one attached hydrogen (secondary N) is 1. The number of sulfonamides is 1. The van der Waals surface area contributed by atoms with Gasteiger partial charge in [-0.25, -0.2) is 8.42 Å². The minimum Gasteiger partial charge on any atom is -0.506 e. The van der Waals surface area contributed by atoms with Crippen molar-refractivity contribution in [1.82, 2.24) is 0 Å². The van der Waals surface area contributed by atoms with E-state index in [0.717, 1.165) is 5.56 Å². The average Bonchev–Trinajstić information content (AvgIpc) is 2.43. The van der Waals surface area contributed by atoms with Crippen LogP contribution in [0.15, 0.2) is 47.4 Å². The Morgan fingerprint density at radius 2 is 1.90 bits per heavy atom. The van der Waals surface area contributed by atoms with E-state index in [1.54, 1.807) is 38.1 Å². The summed E-state index contributed by atoms with van der Waals surface area (Å²) in [6, 6.07) is 11.1. The van der Waals surface area contributed by atoms with Crippen LogP contribution in [0.5, 0.6) is 11.5 Å². The van der Waals surface area contributed by atoms with Crippen LogP contribution in [0.3, 0.4) is 0 Å². The fourth-order valence-corrected chi connectivity index (χ4v) is 3.16. The molecule has 0 spiro atoms. The van der Waals surface area contributed by atoms with E-state index in [-0.39, 0.29) is 22.1 Å². The fraction of sp³-hybridized carbons (Fsp3) is 0.200. The van der Waals surface area contributed by atoms with E-state index >= 15 is 0 Å². The number of aromatic hydroxyl groups is 1. The Bertz CT molecular complexity index is 741. The zero-order valence-electron chi connectivity index (χ0n) is 11.8. The number of hydrogen-bond acceptors (Lipinski definition) is 4. The molecule has 0 aliphatic carbocycles. The van der Waals surface area contributed by atoms with Crippen LogP contribution in [0.25, 0.3) is 0 Å². The maximum atomic E-state index is 12.5. The number of aryl methyl sites for hydroxylation is 1. The van der Waals surface area contributed by atoms with E-state index in [2.05, 4.69) is 4.72 Å². The normalized spacial score (nSPS) is 11.1. The van der Waals surface area contributed by atoms with Crippen LogP contribution < -0.4 is 9.46 Å². The first-order valence-electron chi connectivity index (χ1n) is 6.48. The number of anilines is 1. The zero-order valence-corrected chi connectivity index (χ0v) is 12.6. The van der Waals surface area contributed by atoms with Gasteiger partial charge in [-0.3, -0.25) is 4.72 Å². The van der Waals surface area contributed by atoms with Crippen LogP contribution in [0.2, 0.25) is 0 Å². The minimum absolute atomic E-state index is 0.0487. The summed E-state index contributed by atoms with van der Waals surface area (Å²) in [7, 11) is -3.85. The molecule has 5 nitrogen and oxygen atoms in total. The summed E-state index contributed by atoms with van der Waals surface area (Å²) >= 11 is 0. The molecule has 2 aromatic rings. The molecule has 0 aromatic heterocycles. The largest absolute Gasteiger partial charge is 0.506 e. The van der Waals surface area contributed by atoms with Gasteiger partial charge < -0.3 is 9.84 Å². The van der Waals surface area contributed by atoms with Gasteiger partial charge in [-0.1, -0.05) is 18.2 Å². The SMILES string of the molecule is CCOc1ccc(C)cc1S(=O)(=O)Nc1ccccc1O. The van der Waals surface area contributed by atoms with Crippen molar-refractivity contribution < 1.29 is 18.3 Å². The maximum absolute atomic E-state index is 12.5. The summed E-state index contributed by atoms with van der Waals surface area (Å²) in [5.74, 6) is 0.151. The van der Waals surface area contributed by atoms with E-state index in [9.17, 15) is 13.5 Å². The highest BCUT2D eigenvalue weighted by atomic mass is 32.2. The summed E-state index contributed by atoms with van der Waals surface area (Å²) in [5, 5.41) is 9.69. The van der Waals surface area contributed by atoms with E-state index in [4.69, 9.17) is 4.74 Å². The summed E-state index contributed by atoms with van der Waals surface area (Å²) < 4.78 is 32.7. The highest BCUT2D eigenvalue weighted by Crippen LogP contribution is 2.29. The monoisotopic (exact) mass is 307 g/mol. The predicted octanol–water partition coefficient (Wildman–Crippen LogP) is 2.90. The molecule has 2 aromatic carbocycles. The van der Waals surface area contributed by atoms with E-state index in [0.29, 0.717) is 6.61 Å². The Kier molecular flexibility index (Phi) is 4.37. The average molecular weight is 307 g/mol. The molecule has 2 N–H and O–H groups in total. The summed E-state index contributed by atoms with van der Waals surface area (Å²) in [4.78, 5) is 0.0487. The third kappa shape index (κ3) is 3.46. The molecule has 0 amide bonds. The van der Waals surface area contributed by atoms with Gasteiger partial charge in [-0.2, -0.15) is 0 Å². The van der Waals surface area contributed by atoms with Crippen molar-refractivity contribution in [1.29, 1.82) is 0 Å². The number of benzene rings is 2. The van der Waals surface area contributed by atoms with Gasteiger partial charge in [0.2, 0.25) is 0 Å². The van der Waals surface area contributed by atoms with E-state index in [1.807, 2.05) is 0 Å². The fourth-order valence-electron chi connectivity index (χ4n) is 1.86. The smallest absolute Gasteiger partial charge is 0.265 e. The first-order valence-corrected chi connectivity index (χ1v) is 7.96. The number of phenolic OH excluding ortho intramolecular Hbond substituents is 1. The van der Waals surface area contributed by atoms with Crippen LogP contribution in [-0.4, -0.2) is 20.1 Å². The predicted molar refractivity (Wildman–Crippen MR) is 81.3 cm³/mol. The first-order chi connectivity index (χ1) is 9.94. The van der Waals surface area contributed by atoms with Crippen LogP contribution >= 0.6 is 0 Å². The molecule has 0 aliphatic heterocycles. The van der Waals surface area contributed by atoms with E-state index < -0.39 is 10.0 Å². The van der Waals surface area contributed by atoms with Gasteiger partial charge in [0.15, 0.2) is 0 Å². The van der Waals surface area contributed by atoms with Crippen molar-refractivity contribution >= 4 is 15.7 Å². The van der Waals surface area contributed by atoms with Crippen molar-refractivity contribution in [2.75, 3.05) is 11.3 Å². The minimum atomic E-state index is -3.85. The Balaban J connectivity index is 2.44. The van der Waals surface area contributed by atoms with Gasteiger partial charge in [0.05, 0.1) is 12.3 Å². The highest BCUT2D eigenvalue weighted by molar-refractivity contribution is 7.92. The van der Waals surface area contributed by atoms with Crippen LogP contribution in [0, 0.1) is 6.92 Å².